The molecule has 1 aliphatic carbocycles. The van der Waals surface area contributed by atoms with E-state index in [-0.39, 0.29) is 18.3 Å². The largest absolute Gasteiger partial charge is 0.462 e. The van der Waals surface area contributed by atoms with Gasteiger partial charge in [0.25, 0.3) is 0 Å². The summed E-state index contributed by atoms with van der Waals surface area (Å²) < 4.78 is 5.32. The highest BCUT2D eigenvalue weighted by atomic mass is 16.5. The van der Waals surface area contributed by atoms with Crippen molar-refractivity contribution >= 4 is 18.0 Å². The molecule has 0 aromatic heterocycles. The fourth-order valence-corrected chi connectivity index (χ4v) is 3.83. The summed E-state index contributed by atoms with van der Waals surface area (Å²) in [4.78, 5) is 27.3. The molecule has 4 heteroatoms. The first-order chi connectivity index (χ1) is 13.1. The van der Waals surface area contributed by atoms with Crippen LogP contribution in [-0.2, 0) is 14.3 Å². The third kappa shape index (κ3) is 5.09. The van der Waals surface area contributed by atoms with Crippen molar-refractivity contribution in [3.8, 4) is 0 Å². The molecule has 0 radical (unpaired) electrons. The van der Waals surface area contributed by atoms with Crippen molar-refractivity contribution in [2.45, 2.75) is 39.5 Å². The lowest BCUT2D eigenvalue weighted by Gasteiger charge is -2.17. The first-order valence-electron chi connectivity index (χ1n) is 9.94. The second-order valence-electron chi connectivity index (χ2n) is 7.65. The van der Waals surface area contributed by atoms with Crippen LogP contribution in [0.3, 0.4) is 0 Å². The Balaban J connectivity index is 1.71. The number of hydrogen-bond donors (Lipinski definition) is 0. The van der Waals surface area contributed by atoms with E-state index in [4.69, 9.17) is 4.74 Å². The van der Waals surface area contributed by atoms with E-state index < -0.39 is 0 Å². The zero-order valence-corrected chi connectivity index (χ0v) is 16.3. The Bertz CT molecular complexity index is 716. The van der Waals surface area contributed by atoms with E-state index in [2.05, 4.69) is 12.2 Å². The van der Waals surface area contributed by atoms with Gasteiger partial charge in [-0.15, -0.1) is 0 Å². The van der Waals surface area contributed by atoms with Gasteiger partial charge in [-0.2, -0.15) is 0 Å². The smallest absolute Gasteiger partial charge is 0.334 e. The topological polar surface area (TPSA) is 46.6 Å². The highest BCUT2D eigenvalue weighted by molar-refractivity contribution is 5.99. The molecule has 3 rings (SSSR count). The van der Waals surface area contributed by atoms with Gasteiger partial charge in [0, 0.05) is 18.7 Å². The molecule has 4 nitrogen and oxygen atoms in total. The molecule has 1 heterocycles. The summed E-state index contributed by atoms with van der Waals surface area (Å²) in [6.45, 7) is 5.96. The van der Waals surface area contributed by atoms with Crippen molar-refractivity contribution in [3.05, 3.63) is 53.1 Å². The van der Waals surface area contributed by atoms with Gasteiger partial charge in [-0.1, -0.05) is 48.9 Å². The normalized spacial score (nSPS) is 21.9. The third-order valence-corrected chi connectivity index (χ3v) is 5.43. The number of ether oxygens (including phenoxy) is 1. The number of rotatable bonds is 6. The highest BCUT2D eigenvalue weighted by Crippen LogP contribution is 2.33. The molecule has 1 saturated heterocycles. The molecule has 0 saturated carbocycles. The summed E-state index contributed by atoms with van der Waals surface area (Å²) in [6.07, 6.45) is 9.21. The summed E-state index contributed by atoms with van der Waals surface area (Å²) in [7, 11) is 0. The number of likely N-dealkylation sites (tertiary alicyclic amines) is 1. The molecule has 0 unspecified atom stereocenters. The molecule has 1 aliphatic heterocycles. The molecule has 1 fully saturated rings. The van der Waals surface area contributed by atoms with Crippen LogP contribution in [0.25, 0.3) is 6.08 Å². The van der Waals surface area contributed by atoms with Crippen molar-refractivity contribution in [1.29, 1.82) is 0 Å². The van der Waals surface area contributed by atoms with Crippen LogP contribution in [0.15, 0.2) is 42.0 Å². The number of carbonyl (C=O) groups excluding carboxylic acids is 2. The predicted molar refractivity (Wildman–Crippen MR) is 107 cm³/mol. The number of aryl methyl sites for hydroxylation is 1. The second kappa shape index (κ2) is 9.03. The van der Waals surface area contributed by atoms with E-state index in [0.29, 0.717) is 24.0 Å². The van der Waals surface area contributed by atoms with Crippen LogP contribution < -0.4 is 0 Å². The first kappa shape index (κ1) is 19.4. The predicted octanol–water partition coefficient (Wildman–Crippen LogP) is 4.15. The second-order valence-corrected chi connectivity index (χ2v) is 7.65. The Morgan fingerprint density at radius 2 is 1.74 bits per heavy atom. The number of hydrogen-bond acceptors (Lipinski definition) is 3. The third-order valence-electron chi connectivity index (χ3n) is 5.43. The van der Waals surface area contributed by atoms with E-state index in [1.807, 2.05) is 43.0 Å². The fourth-order valence-electron chi connectivity index (χ4n) is 3.83. The summed E-state index contributed by atoms with van der Waals surface area (Å²) >= 11 is 0. The van der Waals surface area contributed by atoms with Crippen LogP contribution in [0.5, 0.6) is 0 Å². The van der Waals surface area contributed by atoms with Crippen LogP contribution in [0.4, 0.5) is 0 Å². The average molecular weight is 367 g/mol. The van der Waals surface area contributed by atoms with Crippen molar-refractivity contribution in [2.24, 2.45) is 11.8 Å². The van der Waals surface area contributed by atoms with Gasteiger partial charge in [0.2, 0.25) is 5.91 Å². The minimum Gasteiger partial charge on any atom is -0.462 e. The number of carbonyl (C=O) groups is 2. The van der Waals surface area contributed by atoms with E-state index in [9.17, 15) is 9.59 Å². The van der Waals surface area contributed by atoms with Gasteiger partial charge in [0.1, 0.15) is 0 Å². The molecule has 2 aliphatic rings. The summed E-state index contributed by atoms with van der Waals surface area (Å²) in [5, 5.41) is 0. The van der Waals surface area contributed by atoms with Crippen molar-refractivity contribution < 1.29 is 14.3 Å². The maximum absolute atomic E-state index is 12.9. The lowest BCUT2D eigenvalue weighted by atomic mass is 9.86. The molecule has 1 aromatic rings. The van der Waals surface area contributed by atoms with Gasteiger partial charge in [-0.25, -0.2) is 4.79 Å². The molecule has 0 bridgehead atoms. The van der Waals surface area contributed by atoms with Crippen molar-refractivity contribution in [1.82, 2.24) is 4.90 Å². The van der Waals surface area contributed by atoms with Crippen LogP contribution in [0.2, 0.25) is 0 Å². The number of amides is 1. The molecule has 2 atom stereocenters. The van der Waals surface area contributed by atoms with E-state index in [1.165, 1.54) is 0 Å². The molecule has 27 heavy (non-hydrogen) atoms. The van der Waals surface area contributed by atoms with Crippen LogP contribution in [0.1, 0.15) is 43.7 Å². The lowest BCUT2D eigenvalue weighted by Crippen LogP contribution is -2.30. The molecule has 0 spiro atoms. The van der Waals surface area contributed by atoms with Crippen LogP contribution in [-0.4, -0.2) is 36.5 Å². The number of fused-ring (bicyclic) bond motifs is 1. The Hall–Kier alpha value is -2.36. The average Bonchev–Trinajstić information content (AvgIpc) is 3.11. The number of benzene rings is 1. The Labute approximate surface area is 161 Å². The molecule has 1 aromatic carbocycles. The highest BCUT2D eigenvalue weighted by Gasteiger charge is 2.35. The van der Waals surface area contributed by atoms with Gasteiger partial charge in [0.15, 0.2) is 0 Å². The monoisotopic (exact) mass is 367 g/mol. The van der Waals surface area contributed by atoms with Gasteiger partial charge in [-0.3, -0.25) is 4.79 Å². The van der Waals surface area contributed by atoms with Gasteiger partial charge in [0.05, 0.1) is 13.0 Å². The van der Waals surface area contributed by atoms with Crippen LogP contribution in [0, 0.1) is 18.8 Å². The number of allylic oxidation sites excluding steroid dienone is 2. The fraction of sp³-hybridized carbons (Fsp3) is 0.478. The summed E-state index contributed by atoms with van der Waals surface area (Å²) in [5.74, 6) is 0.770. The summed E-state index contributed by atoms with van der Waals surface area (Å²) in [6, 6.07) is 7.92. The summed E-state index contributed by atoms with van der Waals surface area (Å²) in [5.41, 5.74) is 2.51. The number of esters is 1. The Morgan fingerprint density at radius 1 is 1.11 bits per heavy atom. The lowest BCUT2D eigenvalue weighted by molar-refractivity contribution is -0.140. The van der Waals surface area contributed by atoms with E-state index >= 15 is 0 Å². The molecular weight excluding hydrogens is 338 g/mol. The minimum atomic E-state index is -0.385. The maximum Gasteiger partial charge on any atom is 0.334 e. The van der Waals surface area contributed by atoms with E-state index in [0.717, 1.165) is 43.5 Å². The first-order valence-corrected chi connectivity index (χ1v) is 9.94. The molecular formula is C23H29NO3. The minimum absolute atomic E-state index is 0.0243. The molecule has 144 valence electrons. The molecule has 0 N–H and O–H groups in total. The zero-order chi connectivity index (χ0) is 19.2. The Morgan fingerprint density at radius 3 is 2.33 bits per heavy atom. The Kier molecular flexibility index (Phi) is 6.49. The van der Waals surface area contributed by atoms with Gasteiger partial charge in [-0.05, 0) is 49.7 Å². The van der Waals surface area contributed by atoms with Crippen LogP contribution >= 0.6 is 0 Å². The quantitative estimate of drug-likeness (QED) is 0.431. The van der Waals surface area contributed by atoms with Gasteiger partial charge >= 0.3 is 5.97 Å². The standard InChI is InChI=1S/C23H29NO3/c1-3-12-27-23(26)21(13-18-10-8-17(2)9-11-18)14-22(25)24-15-19-6-4-5-7-20(19)16-24/h4-5,8-11,13,19-20H,3,6-7,12,14-16H2,1-2H3/b21-13+/t19-,20+. The molecule has 1 amide bonds. The number of nitrogens with zero attached hydrogens (tertiary/aromatic N) is 1. The van der Waals surface area contributed by atoms with Crippen molar-refractivity contribution in [2.75, 3.05) is 19.7 Å². The van der Waals surface area contributed by atoms with E-state index in [1.54, 1.807) is 6.08 Å². The SMILES string of the molecule is CCCOC(=O)/C(=C/c1ccc(C)cc1)CC(=O)N1C[C@H]2CC=CC[C@H]2C1. The van der Waals surface area contributed by atoms with Crippen molar-refractivity contribution in [3.63, 3.8) is 0 Å². The maximum atomic E-state index is 12.9. The van der Waals surface area contributed by atoms with Gasteiger partial charge < -0.3 is 9.64 Å². The zero-order valence-electron chi connectivity index (χ0n) is 16.3.